The van der Waals surface area contributed by atoms with Gasteiger partial charge in [0.15, 0.2) is 0 Å². The van der Waals surface area contributed by atoms with Gasteiger partial charge >= 0.3 is 0 Å². The molecule has 6 heteroatoms. The van der Waals surface area contributed by atoms with Crippen LogP contribution in [0, 0.1) is 0 Å². The fourth-order valence-corrected chi connectivity index (χ4v) is 2.57. The second kappa shape index (κ2) is 8.71. The van der Waals surface area contributed by atoms with Crippen molar-refractivity contribution in [2.75, 3.05) is 19.5 Å². The number of anilines is 2. The summed E-state index contributed by atoms with van der Waals surface area (Å²) in [6, 6.07) is 18.6. The van der Waals surface area contributed by atoms with Gasteiger partial charge in [-0.3, -0.25) is 4.79 Å². The molecule has 27 heavy (non-hydrogen) atoms. The second-order valence-electron chi connectivity index (χ2n) is 5.79. The van der Waals surface area contributed by atoms with Crippen molar-refractivity contribution in [1.29, 1.82) is 0 Å². The number of aromatic nitrogens is 1. The molecule has 3 aromatic rings. The SMILES string of the molecule is COc1ccc(OC)c(Nc2cc(C(=O)NCc3ccccc3)ccn2)c1. The number of carbonyl (C=O) groups excluding carboxylic acids is 1. The van der Waals surface area contributed by atoms with E-state index in [1.54, 1.807) is 38.6 Å². The zero-order chi connectivity index (χ0) is 19.1. The van der Waals surface area contributed by atoms with Crippen LogP contribution in [0.1, 0.15) is 15.9 Å². The largest absolute Gasteiger partial charge is 0.497 e. The third kappa shape index (κ3) is 4.76. The molecule has 0 aliphatic carbocycles. The van der Waals surface area contributed by atoms with Crippen LogP contribution in [0.3, 0.4) is 0 Å². The smallest absolute Gasteiger partial charge is 0.251 e. The van der Waals surface area contributed by atoms with E-state index in [2.05, 4.69) is 15.6 Å². The zero-order valence-corrected chi connectivity index (χ0v) is 15.2. The maximum atomic E-state index is 12.4. The maximum absolute atomic E-state index is 12.4. The molecule has 1 aromatic heterocycles. The predicted octanol–water partition coefficient (Wildman–Crippen LogP) is 3.77. The summed E-state index contributed by atoms with van der Waals surface area (Å²) in [4.78, 5) is 16.7. The van der Waals surface area contributed by atoms with E-state index in [-0.39, 0.29) is 5.91 Å². The molecular formula is C21H21N3O3. The van der Waals surface area contributed by atoms with E-state index in [4.69, 9.17) is 9.47 Å². The molecule has 3 rings (SSSR count). The lowest BCUT2D eigenvalue weighted by molar-refractivity contribution is 0.0951. The molecule has 1 heterocycles. The van der Waals surface area contributed by atoms with Gasteiger partial charge in [-0.15, -0.1) is 0 Å². The Balaban J connectivity index is 1.73. The van der Waals surface area contributed by atoms with Crippen molar-refractivity contribution in [2.24, 2.45) is 0 Å². The number of ether oxygens (including phenoxy) is 2. The molecule has 138 valence electrons. The van der Waals surface area contributed by atoms with Gasteiger partial charge in [-0.25, -0.2) is 4.98 Å². The van der Waals surface area contributed by atoms with Gasteiger partial charge in [0.1, 0.15) is 17.3 Å². The van der Waals surface area contributed by atoms with Crippen molar-refractivity contribution in [3.8, 4) is 11.5 Å². The lowest BCUT2D eigenvalue weighted by Gasteiger charge is -2.13. The van der Waals surface area contributed by atoms with E-state index >= 15 is 0 Å². The predicted molar refractivity (Wildman–Crippen MR) is 105 cm³/mol. The van der Waals surface area contributed by atoms with Crippen molar-refractivity contribution in [3.63, 3.8) is 0 Å². The average molecular weight is 363 g/mol. The Hall–Kier alpha value is -3.54. The van der Waals surface area contributed by atoms with Crippen LogP contribution in [0.2, 0.25) is 0 Å². The molecule has 2 N–H and O–H groups in total. The molecule has 0 unspecified atom stereocenters. The monoisotopic (exact) mass is 363 g/mol. The summed E-state index contributed by atoms with van der Waals surface area (Å²) in [6.45, 7) is 0.467. The number of hydrogen-bond donors (Lipinski definition) is 2. The van der Waals surface area contributed by atoms with Crippen LogP contribution < -0.4 is 20.1 Å². The summed E-state index contributed by atoms with van der Waals surface area (Å²) in [5, 5.41) is 6.08. The van der Waals surface area contributed by atoms with Gasteiger partial charge in [0.2, 0.25) is 0 Å². The lowest BCUT2D eigenvalue weighted by Crippen LogP contribution is -2.22. The van der Waals surface area contributed by atoms with Gasteiger partial charge in [0.05, 0.1) is 19.9 Å². The molecular weight excluding hydrogens is 342 g/mol. The van der Waals surface area contributed by atoms with Gasteiger partial charge < -0.3 is 20.1 Å². The van der Waals surface area contributed by atoms with Gasteiger partial charge in [-0.05, 0) is 29.8 Å². The van der Waals surface area contributed by atoms with Crippen LogP contribution in [0.5, 0.6) is 11.5 Å². The van der Waals surface area contributed by atoms with Gasteiger partial charge in [-0.2, -0.15) is 0 Å². The van der Waals surface area contributed by atoms with E-state index < -0.39 is 0 Å². The molecule has 0 bridgehead atoms. The van der Waals surface area contributed by atoms with Crippen molar-refractivity contribution < 1.29 is 14.3 Å². The number of hydrogen-bond acceptors (Lipinski definition) is 5. The number of nitrogens with zero attached hydrogens (tertiary/aromatic N) is 1. The molecule has 6 nitrogen and oxygen atoms in total. The Kier molecular flexibility index (Phi) is 5.89. The number of amides is 1. The molecule has 1 amide bonds. The summed E-state index contributed by atoms with van der Waals surface area (Å²) < 4.78 is 10.6. The van der Waals surface area contributed by atoms with Gasteiger partial charge in [-0.1, -0.05) is 30.3 Å². The van der Waals surface area contributed by atoms with Crippen molar-refractivity contribution in [2.45, 2.75) is 6.54 Å². The summed E-state index contributed by atoms with van der Waals surface area (Å²) in [5.41, 5.74) is 2.26. The van der Waals surface area contributed by atoms with Crippen LogP contribution in [0.4, 0.5) is 11.5 Å². The van der Waals surface area contributed by atoms with Crippen molar-refractivity contribution in [3.05, 3.63) is 78.0 Å². The molecule has 2 aromatic carbocycles. The van der Waals surface area contributed by atoms with Crippen LogP contribution in [0.15, 0.2) is 66.9 Å². The Morgan fingerprint density at radius 1 is 1.00 bits per heavy atom. The van der Waals surface area contributed by atoms with E-state index in [1.165, 1.54) is 0 Å². The van der Waals surface area contributed by atoms with Crippen LogP contribution in [-0.2, 0) is 6.54 Å². The van der Waals surface area contributed by atoms with E-state index in [0.717, 1.165) is 5.56 Å². The minimum Gasteiger partial charge on any atom is -0.497 e. The molecule has 0 atom stereocenters. The highest BCUT2D eigenvalue weighted by atomic mass is 16.5. The highest BCUT2D eigenvalue weighted by molar-refractivity contribution is 5.94. The number of rotatable bonds is 7. The van der Waals surface area contributed by atoms with Crippen LogP contribution >= 0.6 is 0 Å². The Morgan fingerprint density at radius 2 is 1.81 bits per heavy atom. The highest BCUT2D eigenvalue weighted by Gasteiger charge is 2.10. The summed E-state index contributed by atoms with van der Waals surface area (Å²) in [7, 11) is 3.19. The molecule has 0 fully saturated rings. The number of benzene rings is 2. The first-order valence-electron chi connectivity index (χ1n) is 8.47. The topological polar surface area (TPSA) is 72.5 Å². The third-order valence-corrected chi connectivity index (χ3v) is 3.99. The minimum absolute atomic E-state index is 0.165. The number of nitrogens with one attached hydrogen (secondary N) is 2. The number of carbonyl (C=O) groups is 1. The quantitative estimate of drug-likeness (QED) is 0.668. The normalized spacial score (nSPS) is 10.1. The lowest BCUT2D eigenvalue weighted by atomic mass is 10.2. The number of pyridine rings is 1. The van der Waals surface area contributed by atoms with E-state index in [9.17, 15) is 4.79 Å². The maximum Gasteiger partial charge on any atom is 0.251 e. The fraction of sp³-hybridized carbons (Fsp3) is 0.143. The standard InChI is InChI=1S/C21H21N3O3/c1-26-17-8-9-19(27-2)18(13-17)24-20-12-16(10-11-22-20)21(25)23-14-15-6-4-3-5-7-15/h3-13H,14H2,1-2H3,(H,22,24)(H,23,25). The van der Waals surface area contributed by atoms with Crippen LogP contribution in [0.25, 0.3) is 0 Å². The second-order valence-corrected chi connectivity index (χ2v) is 5.79. The van der Waals surface area contributed by atoms with Gasteiger partial charge in [0.25, 0.3) is 5.91 Å². The van der Waals surface area contributed by atoms with E-state index in [0.29, 0.717) is 35.1 Å². The van der Waals surface area contributed by atoms with E-state index in [1.807, 2.05) is 42.5 Å². The molecule has 0 saturated heterocycles. The summed E-state index contributed by atoms with van der Waals surface area (Å²) in [5.74, 6) is 1.71. The molecule has 0 saturated carbocycles. The highest BCUT2D eigenvalue weighted by Crippen LogP contribution is 2.31. The first-order valence-corrected chi connectivity index (χ1v) is 8.47. The Bertz CT molecular complexity index is 914. The average Bonchev–Trinajstić information content (AvgIpc) is 2.73. The van der Waals surface area contributed by atoms with Crippen LogP contribution in [-0.4, -0.2) is 25.1 Å². The first-order chi connectivity index (χ1) is 13.2. The molecule has 0 aliphatic heterocycles. The molecule has 0 radical (unpaired) electrons. The molecule has 0 aliphatic rings. The molecule has 0 spiro atoms. The fourth-order valence-electron chi connectivity index (χ4n) is 2.57. The van der Waals surface area contributed by atoms with Crippen molar-refractivity contribution >= 4 is 17.4 Å². The zero-order valence-electron chi connectivity index (χ0n) is 15.2. The minimum atomic E-state index is -0.165. The summed E-state index contributed by atoms with van der Waals surface area (Å²) in [6.07, 6.45) is 1.59. The van der Waals surface area contributed by atoms with Gasteiger partial charge in [0, 0.05) is 24.4 Å². The number of methoxy groups -OCH3 is 2. The summed E-state index contributed by atoms with van der Waals surface area (Å²) >= 11 is 0. The first kappa shape index (κ1) is 18.3. The Labute approximate surface area is 158 Å². The van der Waals surface area contributed by atoms with Crippen molar-refractivity contribution in [1.82, 2.24) is 10.3 Å². The third-order valence-electron chi connectivity index (χ3n) is 3.99. The Morgan fingerprint density at radius 3 is 2.56 bits per heavy atom.